The molecule has 0 aliphatic rings. The van der Waals surface area contributed by atoms with Crippen molar-refractivity contribution in [2.45, 2.75) is 20.3 Å². The van der Waals surface area contributed by atoms with Gasteiger partial charge in [-0.2, -0.15) is 0 Å². The van der Waals surface area contributed by atoms with E-state index in [1.165, 1.54) is 11.3 Å². The monoisotopic (exact) mass is 212 g/mol. The zero-order chi connectivity index (χ0) is 10.6. The fraction of sp³-hybridized carbons (Fsp3) is 0.500. The van der Waals surface area contributed by atoms with Crippen molar-refractivity contribution in [2.75, 3.05) is 18.8 Å². The van der Waals surface area contributed by atoms with Gasteiger partial charge in [-0.05, 0) is 24.8 Å². The predicted octanol–water partition coefficient (Wildman–Crippen LogP) is 2.20. The second-order valence-electron chi connectivity index (χ2n) is 3.09. The maximum atomic E-state index is 11.9. The van der Waals surface area contributed by atoms with E-state index in [-0.39, 0.29) is 5.91 Å². The van der Waals surface area contributed by atoms with Crippen LogP contribution in [0.5, 0.6) is 0 Å². The van der Waals surface area contributed by atoms with Crippen LogP contribution in [0, 0.1) is 0 Å². The molecule has 0 unspecified atom stereocenters. The van der Waals surface area contributed by atoms with Crippen LogP contribution in [-0.2, 0) is 0 Å². The van der Waals surface area contributed by atoms with Crippen molar-refractivity contribution >= 4 is 22.9 Å². The minimum atomic E-state index is 0.0573. The van der Waals surface area contributed by atoms with E-state index in [0.29, 0.717) is 10.6 Å². The highest BCUT2D eigenvalue weighted by molar-refractivity contribution is 7.12. The van der Waals surface area contributed by atoms with Crippen LogP contribution in [0.3, 0.4) is 0 Å². The molecule has 2 N–H and O–H groups in total. The van der Waals surface area contributed by atoms with E-state index in [1.54, 1.807) is 6.07 Å². The third-order valence-corrected chi connectivity index (χ3v) is 2.97. The lowest BCUT2D eigenvalue weighted by molar-refractivity contribution is 0.0770. The summed E-state index contributed by atoms with van der Waals surface area (Å²) >= 11 is 1.41. The Morgan fingerprint density at radius 2 is 2.29 bits per heavy atom. The summed E-state index contributed by atoms with van der Waals surface area (Å²) in [4.78, 5) is 14.4. The minimum absolute atomic E-state index is 0.0573. The van der Waals surface area contributed by atoms with Crippen LogP contribution < -0.4 is 5.73 Å². The van der Waals surface area contributed by atoms with Crippen LogP contribution in [0.15, 0.2) is 11.4 Å². The lowest BCUT2D eigenvalue weighted by Crippen LogP contribution is -2.31. The second-order valence-corrected chi connectivity index (χ2v) is 4.01. The van der Waals surface area contributed by atoms with Crippen LogP contribution in [0.4, 0.5) is 5.69 Å². The van der Waals surface area contributed by atoms with E-state index in [9.17, 15) is 4.79 Å². The highest BCUT2D eigenvalue weighted by Crippen LogP contribution is 2.20. The molecule has 0 saturated carbocycles. The number of hydrogen-bond donors (Lipinski definition) is 1. The lowest BCUT2D eigenvalue weighted by Gasteiger charge is -2.19. The standard InChI is InChI=1S/C10H16N2OS/c1-3-6-12(4-2)10(13)9-8(11)5-7-14-9/h5,7H,3-4,6,11H2,1-2H3. The molecule has 1 aromatic heterocycles. The third kappa shape index (κ3) is 2.26. The fourth-order valence-corrected chi connectivity index (χ4v) is 2.09. The molecule has 4 heteroatoms. The van der Waals surface area contributed by atoms with Gasteiger partial charge < -0.3 is 10.6 Å². The zero-order valence-corrected chi connectivity index (χ0v) is 9.43. The molecule has 0 aromatic carbocycles. The fourth-order valence-electron chi connectivity index (χ4n) is 1.31. The maximum absolute atomic E-state index is 11.9. The molecule has 0 spiro atoms. The molecule has 0 atom stereocenters. The number of hydrogen-bond acceptors (Lipinski definition) is 3. The molecule has 1 rings (SSSR count). The number of nitrogen functional groups attached to an aromatic ring is 1. The SMILES string of the molecule is CCCN(CC)C(=O)c1sccc1N. The molecule has 78 valence electrons. The van der Waals surface area contributed by atoms with E-state index in [2.05, 4.69) is 6.92 Å². The van der Waals surface area contributed by atoms with Gasteiger partial charge in [0.25, 0.3) is 5.91 Å². The average Bonchev–Trinajstić information content (AvgIpc) is 2.59. The van der Waals surface area contributed by atoms with Gasteiger partial charge in [0.15, 0.2) is 0 Å². The molecular formula is C10H16N2OS. The van der Waals surface area contributed by atoms with Crippen molar-refractivity contribution in [3.05, 3.63) is 16.3 Å². The Labute approximate surface area is 88.5 Å². The second kappa shape index (κ2) is 5.00. The number of nitrogens with zero attached hydrogens (tertiary/aromatic N) is 1. The minimum Gasteiger partial charge on any atom is -0.397 e. The van der Waals surface area contributed by atoms with Crippen molar-refractivity contribution in [1.29, 1.82) is 0 Å². The molecule has 3 nitrogen and oxygen atoms in total. The molecular weight excluding hydrogens is 196 g/mol. The van der Waals surface area contributed by atoms with Crippen molar-refractivity contribution in [1.82, 2.24) is 4.90 Å². The molecule has 0 saturated heterocycles. The number of thiophene rings is 1. The number of carbonyl (C=O) groups is 1. The largest absolute Gasteiger partial charge is 0.397 e. The molecule has 1 aromatic rings. The molecule has 0 bridgehead atoms. The molecule has 1 heterocycles. The summed E-state index contributed by atoms with van der Waals surface area (Å²) in [5.41, 5.74) is 6.29. The highest BCUT2D eigenvalue weighted by atomic mass is 32.1. The van der Waals surface area contributed by atoms with Crippen molar-refractivity contribution in [3.63, 3.8) is 0 Å². The van der Waals surface area contributed by atoms with Gasteiger partial charge in [-0.15, -0.1) is 11.3 Å². The van der Waals surface area contributed by atoms with E-state index >= 15 is 0 Å². The van der Waals surface area contributed by atoms with Gasteiger partial charge in [0.2, 0.25) is 0 Å². The maximum Gasteiger partial charge on any atom is 0.266 e. The summed E-state index contributed by atoms with van der Waals surface area (Å²) in [7, 11) is 0. The quantitative estimate of drug-likeness (QED) is 0.831. The molecule has 14 heavy (non-hydrogen) atoms. The first-order valence-electron chi connectivity index (χ1n) is 4.82. The molecule has 0 fully saturated rings. The van der Waals surface area contributed by atoms with E-state index < -0.39 is 0 Å². The third-order valence-electron chi connectivity index (χ3n) is 2.05. The van der Waals surface area contributed by atoms with Gasteiger partial charge in [-0.25, -0.2) is 0 Å². The van der Waals surface area contributed by atoms with Gasteiger partial charge in [-0.3, -0.25) is 4.79 Å². The van der Waals surface area contributed by atoms with E-state index in [0.717, 1.165) is 19.5 Å². The Morgan fingerprint density at radius 1 is 1.57 bits per heavy atom. The number of carbonyl (C=O) groups excluding carboxylic acids is 1. The summed E-state index contributed by atoms with van der Waals surface area (Å²) in [5.74, 6) is 0.0573. The average molecular weight is 212 g/mol. The Morgan fingerprint density at radius 3 is 2.71 bits per heavy atom. The first-order chi connectivity index (χ1) is 6.70. The van der Waals surface area contributed by atoms with Crippen LogP contribution in [-0.4, -0.2) is 23.9 Å². The van der Waals surface area contributed by atoms with Crippen LogP contribution in [0.1, 0.15) is 29.9 Å². The van der Waals surface area contributed by atoms with Gasteiger partial charge in [-0.1, -0.05) is 6.92 Å². The Balaban J connectivity index is 2.78. The Kier molecular flexibility index (Phi) is 3.95. The predicted molar refractivity (Wildman–Crippen MR) is 60.6 cm³/mol. The van der Waals surface area contributed by atoms with Crippen LogP contribution >= 0.6 is 11.3 Å². The topological polar surface area (TPSA) is 46.3 Å². The Hall–Kier alpha value is -1.03. The Bertz CT molecular complexity index is 309. The highest BCUT2D eigenvalue weighted by Gasteiger charge is 2.16. The summed E-state index contributed by atoms with van der Waals surface area (Å²) in [5, 5.41) is 1.85. The summed E-state index contributed by atoms with van der Waals surface area (Å²) in [6, 6.07) is 1.78. The van der Waals surface area contributed by atoms with Gasteiger partial charge >= 0.3 is 0 Å². The number of nitrogens with two attached hydrogens (primary N) is 1. The molecule has 1 amide bonds. The lowest BCUT2D eigenvalue weighted by atomic mass is 10.3. The normalized spacial score (nSPS) is 10.1. The summed E-state index contributed by atoms with van der Waals surface area (Å²) in [6.45, 7) is 5.59. The van der Waals surface area contributed by atoms with Gasteiger partial charge in [0.05, 0.1) is 5.69 Å². The van der Waals surface area contributed by atoms with Crippen LogP contribution in [0.25, 0.3) is 0 Å². The number of amides is 1. The smallest absolute Gasteiger partial charge is 0.266 e. The molecule has 0 radical (unpaired) electrons. The summed E-state index contributed by atoms with van der Waals surface area (Å²) < 4.78 is 0. The van der Waals surface area contributed by atoms with Gasteiger partial charge in [0.1, 0.15) is 4.88 Å². The van der Waals surface area contributed by atoms with Crippen molar-refractivity contribution < 1.29 is 4.79 Å². The number of anilines is 1. The van der Waals surface area contributed by atoms with Gasteiger partial charge in [0, 0.05) is 13.1 Å². The van der Waals surface area contributed by atoms with E-state index in [4.69, 9.17) is 5.73 Å². The van der Waals surface area contributed by atoms with E-state index in [1.807, 2.05) is 17.2 Å². The zero-order valence-electron chi connectivity index (χ0n) is 8.62. The number of rotatable bonds is 4. The first kappa shape index (κ1) is 11.0. The van der Waals surface area contributed by atoms with Crippen molar-refractivity contribution in [2.24, 2.45) is 0 Å². The molecule has 0 aliphatic heterocycles. The first-order valence-corrected chi connectivity index (χ1v) is 5.70. The van der Waals surface area contributed by atoms with Crippen LogP contribution in [0.2, 0.25) is 0 Å². The summed E-state index contributed by atoms with van der Waals surface area (Å²) in [6.07, 6.45) is 0.977. The van der Waals surface area contributed by atoms with Crippen molar-refractivity contribution in [3.8, 4) is 0 Å². The molecule has 0 aliphatic carbocycles.